The van der Waals surface area contributed by atoms with Crippen LogP contribution < -0.4 is 5.32 Å². The molecule has 1 N–H and O–H groups in total. The van der Waals surface area contributed by atoms with Crippen LogP contribution in [0.2, 0.25) is 0 Å². The van der Waals surface area contributed by atoms with Gasteiger partial charge in [-0.05, 0) is 24.1 Å². The fraction of sp³-hybridized carbons (Fsp3) is 0.222. The van der Waals surface area contributed by atoms with Crippen molar-refractivity contribution in [3.63, 3.8) is 0 Å². The van der Waals surface area contributed by atoms with Crippen molar-refractivity contribution in [1.82, 2.24) is 5.32 Å². The standard InChI is InChI=1S/C18H17NO/c1-2-6-13(7-3-1)16-11-17(16)19-12-15-10-14-8-4-5-9-18(14)20-15/h1-10,16-17,19H,11-12H2. The second kappa shape index (κ2) is 4.80. The molecule has 1 aliphatic carbocycles. The van der Waals surface area contributed by atoms with E-state index in [1.807, 2.05) is 18.2 Å². The smallest absolute Gasteiger partial charge is 0.134 e. The van der Waals surface area contributed by atoms with Gasteiger partial charge >= 0.3 is 0 Å². The Kier molecular flexibility index (Phi) is 2.82. The molecular formula is C18H17NO. The van der Waals surface area contributed by atoms with E-state index in [1.165, 1.54) is 17.4 Å². The lowest BCUT2D eigenvalue weighted by Crippen LogP contribution is -2.16. The van der Waals surface area contributed by atoms with Gasteiger partial charge in [-0.1, -0.05) is 48.5 Å². The summed E-state index contributed by atoms with van der Waals surface area (Å²) in [6.07, 6.45) is 1.23. The molecule has 1 saturated carbocycles. The lowest BCUT2D eigenvalue weighted by atomic mass is 10.1. The third kappa shape index (κ3) is 2.23. The van der Waals surface area contributed by atoms with Crippen LogP contribution >= 0.6 is 0 Å². The van der Waals surface area contributed by atoms with E-state index in [-0.39, 0.29) is 0 Å². The highest BCUT2D eigenvalue weighted by Crippen LogP contribution is 2.40. The van der Waals surface area contributed by atoms with E-state index in [9.17, 15) is 0 Å². The minimum Gasteiger partial charge on any atom is -0.460 e. The topological polar surface area (TPSA) is 25.2 Å². The third-order valence-corrected chi connectivity index (χ3v) is 4.03. The Morgan fingerprint density at radius 3 is 2.65 bits per heavy atom. The highest BCUT2D eigenvalue weighted by molar-refractivity contribution is 5.77. The summed E-state index contributed by atoms with van der Waals surface area (Å²) >= 11 is 0. The minimum absolute atomic E-state index is 0.589. The van der Waals surface area contributed by atoms with E-state index in [0.717, 1.165) is 17.9 Å². The average molecular weight is 263 g/mol. The van der Waals surface area contributed by atoms with Crippen LogP contribution in [0.5, 0.6) is 0 Å². The molecule has 2 unspecified atom stereocenters. The number of hydrogen-bond acceptors (Lipinski definition) is 2. The van der Waals surface area contributed by atoms with Gasteiger partial charge in [0.05, 0.1) is 6.54 Å². The molecule has 0 radical (unpaired) electrons. The first-order valence-electron chi connectivity index (χ1n) is 7.16. The summed E-state index contributed by atoms with van der Waals surface area (Å²) in [4.78, 5) is 0. The Balaban J connectivity index is 1.40. The maximum atomic E-state index is 5.82. The molecule has 0 bridgehead atoms. The summed E-state index contributed by atoms with van der Waals surface area (Å²) < 4.78 is 5.82. The monoisotopic (exact) mass is 263 g/mol. The van der Waals surface area contributed by atoms with Crippen molar-refractivity contribution in [2.45, 2.75) is 24.9 Å². The van der Waals surface area contributed by atoms with Gasteiger partial charge in [0, 0.05) is 17.3 Å². The van der Waals surface area contributed by atoms with Gasteiger partial charge < -0.3 is 9.73 Å². The van der Waals surface area contributed by atoms with Crippen LogP contribution in [0.25, 0.3) is 11.0 Å². The predicted octanol–water partition coefficient (Wildman–Crippen LogP) is 4.08. The number of para-hydroxylation sites is 1. The number of rotatable bonds is 4. The quantitative estimate of drug-likeness (QED) is 0.767. The van der Waals surface area contributed by atoms with Crippen molar-refractivity contribution >= 4 is 11.0 Å². The summed E-state index contributed by atoms with van der Waals surface area (Å²) in [5, 5.41) is 4.77. The molecule has 1 aromatic heterocycles. The SMILES string of the molecule is c1ccc(C2CC2NCc2cc3ccccc3o2)cc1. The number of hydrogen-bond donors (Lipinski definition) is 1. The van der Waals surface area contributed by atoms with Crippen LogP contribution in [0.4, 0.5) is 0 Å². The van der Waals surface area contributed by atoms with Gasteiger partial charge in [0.2, 0.25) is 0 Å². The van der Waals surface area contributed by atoms with Gasteiger partial charge in [-0.25, -0.2) is 0 Å². The zero-order valence-corrected chi connectivity index (χ0v) is 11.3. The number of fused-ring (bicyclic) bond motifs is 1. The molecular weight excluding hydrogens is 246 g/mol. The van der Waals surface area contributed by atoms with Crippen LogP contribution in [0.3, 0.4) is 0 Å². The van der Waals surface area contributed by atoms with Crippen molar-refractivity contribution in [2.24, 2.45) is 0 Å². The normalized spacial score (nSPS) is 21.2. The molecule has 1 fully saturated rings. The number of furan rings is 1. The summed E-state index contributed by atoms with van der Waals surface area (Å²) in [5.41, 5.74) is 2.41. The summed E-state index contributed by atoms with van der Waals surface area (Å²) in [6.45, 7) is 0.808. The molecule has 2 nitrogen and oxygen atoms in total. The molecule has 1 heterocycles. The molecule has 0 spiro atoms. The molecule has 100 valence electrons. The molecule has 0 saturated heterocycles. The molecule has 2 heteroatoms. The Labute approximate surface area is 118 Å². The summed E-state index contributed by atoms with van der Waals surface area (Å²) in [6, 6.07) is 21.6. The number of benzene rings is 2. The Morgan fingerprint density at radius 1 is 1.00 bits per heavy atom. The van der Waals surface area contributed by atoms with Gasteiger partial charge in [-0.3, -0.25) is 0 Å². The first kappa shape index (κ1) is 11.7. The van der Waals surface area contributed by atoms with Crippen LogP contribution in [-0.4, -0.2) is 6.04 Å². The second-order valence-corrected chi connectivity index (χ2v) is 5.49. The van der Waals surface area contributed by atoms with Gasteiger partial charge in [0.15, 0.2) is 0 Å². The van der Waals surface area contributed by atoms with Crippen LogP contribution in [0.15, 0.2) is 65.1 Å². The maximum absolute atomic E-state index is 5.82. The maximum Gasteiger partial charge on any atom is 0.134 e. The Morgan fingerprint density at radius 2 is 1.80 bits per heavy atom. The van der Waals surface area contributed by atoms with E-state index in [4.69, 9.17) is 4.42 Å². The summed E-state index contributed by atoms with van der Waals surface area (Å²) in [5.74, 6) is 1.69. The van der Waals surface area contributed by atoms with Crippen LogP contribution in [-0.2, 0) is 6.54 Å². The van der Waals surface area contributed by atoms with Crippen LogP contribution in [0, 0.1) is 0 Å². The van der Waals surface area contributed by atoms with E-state index >= 15 is 0 Å². The van der Waals surface area contributed by atoms with Gasteiger partial charge in [0.1, 0.15) is 11.3 Å². The minimum atomic E-state index is 0.589. The number of nitrogens with one attached hydrogen (secondary N) is 1. The lowest BCUT2D eigenvalue weighted by molar-refractivity contribution is 0.510. The molecule has 0 amide bonds. The highest BCUT2D eigenvalue weighted by Gasteiger charge is 2.37. The fourth-order valence-corrected chi connectivity index (χ4v) is 2.84. The highest BCUT2D eigenvalue weighted by atomic mass is 16.3. The van der Waals surface area contributed by atoms with E-state index < -0.39 is 0 Å². The molecule has 20 heavy (non-hydrogen) atoms. The lowest BCUT2D eigenvalue weighted by Gasteiger charge is -2.02. The molecule has 2 aromatic carbocycles. The van der Waals surface area contributed by atoms with E-state index in [1.54, 1.807) is 0 Å². The zero-order valence-electron chi connectivity index (χ0n) is 11.3. The largest absolute Gasteiger partial charge is 0.460 e. The summed E-state index contributed by atoms with van der Waals surface area (Å²) in [7, 11) is 0. The van der Waals surface area contributed by atoms with Crippen molar-refractivity contribution in [3.8, 4) is 0 Å². The van der Waals surface area contributed by atoms with Crippen molar-refractivity contribution in [1.29, 1.82) is 0 Å². The van der Waals surface area contributed by atoms with Gasteiger partial charge in [-0.15, -0.1) is 0 Å². The van der Waals surface area contributed by atoms with Crippen molar-refractivity contribution < 1.29 is 4.42 Å². The second-order valence-electron chi connectivity index (χ2n) is 5.49. The van der Waals surface area contributed by atoms with Crippen molar-refractivity contribution in [2.75, 3.05) is 0 Å². The van der Waals surface area contributed by atoms with Crippen LogP contribution in [0.1, 0.15) is 23.7 Å². The first-order chi connectivity index (χ1) is 9.90. The molecule has 0 aliphatic heterocycles. The van der Waals surface area contributed by atoms with Gasteiger partial charge in [-0.2, -0.15) is 0 Å². The Bertz CT molecular complexity index is 683. The molecule has 2 atom stereocenters. The Hall–Kier alpha value is -2.06. The molecule has 1 aliphatic rings. The average Bonchev–Trinajstić information content (AvgIpc) is 3.16. The third-order valence-electron chi connectivity index (χ3n) is 4.03. The van der Waals surface area contributed by atoms with Crippen molar-refractivity contribution in [3.05, 3.63) is 72.0 Å². The fourth-order valence-electron chi connectivity index (χ4n) is 2.84. The molecule has 4 rings (SSSR count). The van der Waals surface area contributed by atoms with Gasteiger partial charge in [0.25, 0.3) is 0 Å². The molecule has 3 aromatic rings. The predicted molar refractivity (Wildman–Crippen MR) is 80.6 cm³/mol. The zero-order chi connectivity index (χ0) is 13.4. The van der Waals surface area contributed by atoms with E-state index in [2.05, 4.69) is 47.8 Å². The van der Waals surface area contributed by atoms with E-state index in [0.29, 0.717) is 12.0 Å². The first-order valence-corrected chi connectivity index (χ1v) is 7.16.